The fourth-order valence-electron chi connectivity index (χ4n) is 3.49. The van der Waals surface area contributed by atoms with Gasteiger partial charge in [-0.2, -0.15) is 0 Å². The van der Waals surface area contributed by atoms with Crippen molar-refractivity contribution in [2.75, 3.05) is 13.1 Å². The van der Waals surface area contributed by atoms with E-state index in [-0.39, 0.29) is 0 Å². The molecule has 3 rings (SSSR count). The van der Waals surface area contributed by atoms with Crippen LogP contribution in [-0.4, -0.2) is 35.2 Å². The monoisotopic (exact) mass is 370 g/mol. The van der Waals surface area contributed by atoms with Crippen LogP contribution in [0.3, 0.4) is 0 Å². The molecule has 0 bridgehead atoms. The molecule has 2 aromatic heterocycles. The molecule has 2 aromatic rings. The lowest BCUT2D eigenvalue weighted by Gasteiger charge is -2.31. The van der Waals surface area contributed by atoms with Crippen LogP contribution in [0.4, 0.5) is 0 Å². The molecule has 0 aliphatic heterocycles. The molecule has 2 heterocycles. The molecule has 0 amide bonds. The predicted octanol–water partition coefficient (Wildman–Crippen LogP) is 3.06. The Morgan fingerprint density at radius 3 is 2.85 bits per heavy atom. The van der Waals surface area contributed by atoms with Gasteiger partial charge in [0.15, 0.2) is 5.96 Å². The maximum absolute atomic E-state index is 10.4. The van der Waals surface area contributed by atoms with Gasteiger partial charge in [-0.1, -0.05) is 19.8 Å². The Morgan fingerprint density at radius 1 is 1.30 bits per heavy atom. The van der Waals surface area contributed by atoms with Gasteiger partial charge in [0.2, 0.25) is 0 Å². The lowest BCUT2D eigenvalue weighted by molar-refractivity contribution is 0.187. The summed E-state index contributed by atoms with van der Waals surface area (Å²) in [4.78, 5) is 8.63. The van der Waals surface area contributed by atoms with Crippen LogP contribution < -0.4 is 10.6 Å². The largest absolute Gasteiger partial charge is 0.469 e. The molecule has 27 heavy (non-hydrogen) atoms. The zero-order valence-corrected chi connectivity index (χ0v) is 16.0. The molecular formula is C21H30N4O2. The third-order valence-electron chi connectivity index (χ3n) is 5.19. The van der Waals surface area contributed by atoms with Gasteiger partial charge in [-0.25, -0.2) is 0 Å². The van der Waals surface area contributed by atoms with Crippen molar-refractivity contribution < 1.29 is 9.52 Å². The number of pyridine rings is 1. The molecule has 1 saturated carbocycles. The van der Waals surface area contributed by atoms with Crippen LogP contribution in [0, 0.1) is 5.92 Å². The maximum atomic E-state index is 10.4. The second-order valence-corrected chi connectivity index (χ2v) is 7.25. The fraction of sp³-hybridized carbons (Fsp3) is 0.524. The molecule has 6 heteroatoms. The minimum Gasteiger partial charge on any atom is -0.469 e. The number of hydrogen-bond acceptors (Lipinski definition) is 4. The molecule has 0 saturated heterocycles. The first-order chi connectivity index (χ1) is 13.2. The lowest BCUT2D eigenvalue weighted by Crippen LogP contribution is -2.47. The number of rotatable bonds is 7. The highest BCUT2D eigenvalue weighted by atomic mass is 16.3. The summed E-state index contributed by atoms with van der Waals surface area (Å²) in [7, 11) is 0. The van der Waals surface area contributed by atoms with Crippen LogP contribution in [-0.2, 0) is 6.42 Å². The van der Waals surface area contributed by atoms with E-state index in [1.54, 1.807) is 18.7 Å². The molecule has 3 N–H and O–H groups in total. The summed E-state index contributed by atoms with van der Waals surface area (Å²) in [5, 5.41) is 17.4. The van der Waals surface area contributed by atoms with Gasteiger partial charge in [-0.05, 0) is 48.6 Å². The van der Waals surface area contributed by atoms with Crippen molar-refractivity contribution in [3.8, 4) is 0 Å². The third-order valence-corrected chi connectivity index (χ3v) is 5.19. The minimum atomic E-state index is -0.638. The number of furan rings is 1. The van der Waals surface area contributed by atoms with Gasteiger partial charge in [-0.15, -0.1) is 0 Å². The van der Waals surface area contributed by atoms with Crippen molar-refractivity contribution >= 4 is 5.96 Å². The summed E-state index contributed by atoms with van der Waals surface area (Å²) >= 11 is 0. The summed E-state index contributed by atoms with van der Waals surface area (Å²) in [6, 6.07) is 7.94. The molecule has 0 radical (unpaired) electrons. The first kappa shape index (κ1) is 19.4. The fourth-order valence-corrected chi connectivity index (χ4v) is 3.49. The van der Waals surface area contributed by atoms with E-state index in [0.29, 0.717) is 18.5 Å². The van der Waals surface area contributed by atoms with Crippen molar-refractivity contribution in [1.29, 1.82) is 0 Å². The molecule has 3 unspecified atom stereocenters. The van der Waals surface area contributed by atoms with Crippen LogP contribution in [0.1, 0.15) is 50.0 Å². The number of aromatic nitrogens is 1. The second kappa shape index (κ2) is 10.1. The summed E-state index contributed by atoms with van der Waals surface area (Å²) in [5.41, 5.74) is 0.828. The van der Waals surface area contributed by atoms with E-state index < -0.39 is 6.10 Å². The van der Waals surface area contributed by atoms with Crippen molar-refractivity contribution in [2.24, 2.45) is 10.9 Å². The predicted molar refractivity (Wildman–Crippen MR) is 106 cm³/mol. The maximum Gasteiger partial charge on any atom is 0.191 e. The topological polar surface area (TPSA) is 82.7 Å². The highest BCUT2D eigenvalue weighted by molar-refractivity contribution is 5.80. The van der Waals surface area contributed by atoms with Gasteiger partial charge in [0.1, 0.15) is 5.76 Å². The van der Waals surface area contributed by atoms with E-state index in [1.165, 1.54) is 19.3 Å². The summed E-state index contributed by atoms with van der Waals surface area (Å²) in [5.74, 6) is 2.33. The lowest BCUT2D eigenvalue weighted by atomic mass is 9.86. The molecule has 0 spiro atoms. The highest BCUT2D eigenvalue weighted by Crippen LogP contribution is 2.23. The molecule has 0 aromatic carbocycles. The van der Waals surface area contributed by atoms with Crippen molar-refractivity contribution in [1.82, 2.24) is 15.6 Å². The van der Waals surface area contributed by atoms with Crippen molar-refractivity contribution in [3.05, 3.63) is 54.2 Å². The number of aliphatic hydroxyl groups is 1. The van der Waals surface area contributed by atoms with E-state index in [2.05, 4.69) is 27.5 Å². The summed E-state index contributed by atoms with van der Waals surface area (Å²) in [6.45, 7) is 3.33. The van der Waals surface area contributed by atoms with E-state index in [0.717, 1.165) is 36.7 Å². The van der Waals surface area contributed by atoms with Gasteiger partial charge in [-0.3, -0.25) is 9.98 Å². The average molecular weight is 370 g/mol. The van der Waals surface area contributed by atoms with Crippen LogP contribution in [0.5, 0.6) is 0 Å². The zero-order valence-electron chi connectivity index (χ0n) is 16.0. The Hall–Kier alpha value is -2.34. The molecule has 1 aliphatic rings. The van der Waals surface area contributed by atoms with E-state index >= 15 is 0 Å². The number of guanidine groups is 1. The van der Waals surface area contributed by atoms with Gasteiger partial charge in [0, 0.05) is 31.4 Å². The Bertz CT molecular complexity index is 687. The first-order valence-corrected chi connectivity index (χ1v) is 9.87. The average Bonchev–Trinajstić information content (AvgIpc) is 3.21. The number of aliphatic imine (C=N–C) groups is 1. The third kappa shape index (κ3) is 6.10. The quantitative estimate of drug-likeness (QED) is 0.515. The summed E-state index contributed by atoms with van der Waals surface area (Å²) < 4.78 is 5.39. The standard InChI is InChI=1S/C21H30N4O2/c1-16-5-2-3-7-19(16)25-21(23-13-10-18-6-4-14-27-18)24-15-20(26)17-8-11-22-12-9-17/h4,6,8-9,11-12,14,16,19-20,26H,2-3,5,7,10,13,15H2,1H3,(H2,23,24,25). The second-order valence-electron chi connectivity index (χ2n) is 7.25. The Balaban J connectivity index is 1.60. The Kier molecular flexibility index (Phi) is 7.27. The van der Waals surface area contributed by atoms with Crippen LogP contribution in [0.15, 0.2) is 52.3 Å². The van der Waals surface area contributed by atoms with E-state index in [9.17, 15) is 5.11 Å². The van der Waals surface area contributed by atoms with Gasteiger partial charge in [0.05, 0.1) is 18.9 Å². The molecule has 6 nitrogen and oxygen atoms in total. The molecule has 1 aliphatic carbocycles. The zero-order chi connectivity index (χ0) is 18.9. The first-order valence-electron chi connectivity index (χ1n) is 9.87. The normalized spacial score (nSPS) is 21.6. The molecule has 1 fully saturated rings. The number of nitrogens with one attached hydrogen (secondary N) is 2. The van der Waals surface area contributed by atoms with Gasteiger partial charge >= 0.3 is 0 Å². The molecular weight excluding hydrogens is 340 g/mol. The van der Waals surface area contributed by atoms with Crippen molar-refractivity contribution in [2.45, 2.75) is 51.2 Å². The number of hydrogen-bond donors (Lipinski definition) is 3. The summed E-state index contributed by atoms with van der Waals surface area (Å²) in [6.07, 6.45) is 10.2. The van der Waals surface area contributed by atoms with Crippen LogP contribution in [0.2, 0.25) is 0 Å². The van der Waals surface area contributed by atoms with Gasteiger partial charge < -0.3 is 20.2 Å². The minimum absolute atomic E-state index is 0.307. The van der Waals surface area contributed by atoms with E-state index in [1.807, 2.05) is 24.3 Å². The Labute approximate surface area is 161 Å². The highest BCUT2D eigenvalue weighted by Gasteiger charge is 2.22. The number of aliphatic hydroxyl groups excluding tert-OH is 1. The van der Waals surface area contributed by atoms with Crippen LogP contribution >= 0.6 is 0 Å². The van der Waals surface area contributed by atoms with Gasteiger partial charge in [0.25, 0.3) is 0 Å². The molecule has 3 atom stereocenters. The molecule has 146 valence electrons. The van der Waals surface area contributed by atoms with E-state index in [4.69, 9.17) is 4.42 Å². The van der Waals surface area contributed by atoms with Crippen LogP contribution in [0.25, 0.3) is 0 Å². The smallest absolute Gasteiger partial charge is 0.191 e. The number of nitrogens with zero attached hydrogens (tertiary/aromatic N) is 2. The Morgan fingerprint density at radius 2 is 2.11 bits per heavy atom. The van der Waals surface area contributed by atoms with Crippen molar-refractivity contribution in [3.63, 3.8) is 0 Å². The SMILES string of the molecule is CC1CCCCC1NC(=NCC(O)c1ccncc1)NCCc1ccco1.